The lowest BCUT2D eigenvalue weighted by molar-refractivity contribution is -0.216. The third kappa shape index (κ3) is 8.15. The Morgan fingerprint density at radius 3 is 2.32 bits per heavy atom. The summed E-state index contributed by atoms with van der Waals surface area (Å²) in [5.41, 5.74) is 1.18. The van der Waals surface area contributed by atoms with Gasteiger partial charge in [0, 0.05) is 13.1 Å². The zero-order valence-electron chi connectivity index (χ0n) is 13.7. The minimum Gasteiger partial charge on any atom is -0.388 e. The van der Waals surface area contributed by atoms with Gasteiger partial charge in [-0.1, -0.05) is 63.9 Å². The molecule has 2 rings (SSSR count). The fourth-order valence-electron chi connectivity index (χ4n) is 2.08. The molecule has 1 heterocycles. The smallest absolute Gasteiger partial charge is 0.181 e. The summed E-state index contributed by atoms with van der Waals surface area (Å²) in [4.78, 5) is 0. The van der Waals surface area contributed by atoms with Crippen LogP contribution in [0.4, 0.5) is 0 Å². The number of hydrogen-bond acceptors (Lipinski definition) is 5. The van der Waals surface area contributed by atoms with Gasteiger partial charge in [0.25, 0.3) is 0 Å². The van der Waals surface area contributed by atoms with Crippen molar-refractivity contribution in [3.05, 3.63) is 35.9 Å². The second kappa shape index (κ2) is 10.2. The van der Waals surface area contributed by atoms with Gasteiger partial charge in [0.1, 0.15) is 6.10 Å². The van der Waals surface area contributed by atoms with Crippen molar-refractivity contribution in [1.29, 1.82) is 0 Å². The summed E-state index contributed by atoms with van der Waals surface area (Å²) in [7, 11) is 0. The highest BCUT2D eigenvalue weighted by Gasteiger charge is 2.28. The summed E-state index contributed by atoms with van der Waals surface area (Å²) >= 11 is 4.41. The summed E-state index contributed by atoms with van der Waals surface area (Å²) in [6.07, 6.45) is -0.598. The number of aliphatic hydroxyl groups excluding tert-OH is 2. The van der Waals surface area contributed by atoms with Crippen molar-refractivity contribution in [2.75, 3.05) is 6.54 Å². The van der Waals surface area contributed by atoms with Crippen LogP contribution in [0.3, 0.4) is 0 Å². The van der Waals surface area contributed by atoms with Crippen LogP contribution in [-0.2, 0) is 11.3 Å². The average molecular weight is 327 g/mol. The highest BCUT2D eigenvalue weighted by molar-refractivity contribution is 7.77. The molecule has 3 unspecified atom stereocenters. The van der Waals surface area contributed by atoms with E-state index in [2.05, 4.69) is 33.6 Å². The quantitative estimate of drug-likeness (QED) is 0.745. The summed E-state index contributed by atoms with van der Waals surface area (Å²) in [5.74, 6) is 0.833. The van der Waals surface area contributed by atoms with Crippen LogP contribution in [0.1, 0.15) is 39.2 Å². The first kappa shape index (κ1) is 19.5. The van der Waals surface area contributed by atoms with Gasteiger partial charge in [0.15, 0.2) is 6.29 Å². The number of ether oxygens (including phenoxy) is 1. The maximum absolute atomic E-state index is 9.44. The monoisotopic (exact) mass is 327 g/mol. The molecule has 0 spiro atoms. The van der Waals surface area contributed by atoms with Crippen LogP contribution in [0.15, 0.2) is 30.3 Å². The Bertz CT molecular complexity index is 399. The van der Waals surface area contributed by atoms with Gasteiger partial charge >= 0.3 is 0 Å². The standard InChI is InChI=1S/C13H19NO3S.C4H10/c15-12-7-6-11(17-13(12)16)9-14(18)8-10-4-2-1-3-5-10;1-4(2)3/h1-5,11-13,15-16,18H,6-9H2;4H,1-3H3. The first-order chi connectivity index (χ1) is 10.4. The minimum absolute atomic E-state index is 0.0791. The molecule has 5 heteroatoms. The summed E-state index contributed by atoms with van der Waals surface area (Å²) in [6.45, 7) is 7.85. The normalized spacial score (nSPS) is 25.0. The van der Waals surface area contributed by atoms with Gasteiger partial charge < -0.3 is 14.9 Å². The van der Waals surface area contributed by atoms with Gasteiger partial charge in [0.2, 0.25) is 0 Å². The fraction of sp³-hybridized carbons (Fsp3) is 0.647. The van der Waals surface area contributed by atoms with E-state index in [1.165, 1.54) is 5.56 Å². The maximum Gasteiger partial charge on any atom is 0.181 e. The van der Waals surface area contributed by atoms with Crippen molar-refractivity contribution in [3.63, 3.8) is 0 Å². The SMILES string of the molecule is CC(C)C.OC1CCC(CN(S)Cc2ccccc2)OC1O. The molecule has 0 amide bonds. The Balaban J connectivity index is 0.000000541. The molecule has 0 radical (unpaired) electrons. The third-order valence-electron chi connectivity index (χ3n) is 3.07. The first-order valence-electron chi connectivity index (χ1n) is 7.87. The molecule has 3 atom stereocenters. The zero-order valence-corrected chi connectivity index (χ0v) is 14.6. The molecule has 0 bridgehead atoms. The highest BCUT2D eigenvalue weighted by atomic mass is 32.1. The third-order valence-corrected chi connectivity index (χ3v) is 3.37. The van der Waals surface area contributed by atoms with Crippen LogP contribution >= 0.6 is 12.8 Å². The molecule has 22 heavy (non-hydrogen) atoms. The molecule has 126 valence electrons. The van der Waals surface area contributed by atoms with E-state index in [-0.39, 0.29) is 6.10 Å². The van der Waals surface area contributed by atoms with Crippen molar-refractivity contribution in [3.8, 4) is 0 Å². The molecule has 1 aromatic rings. The zero-order chi connectivity index (χ0) is 16.5. The molecule has 1 aliphatic rings. The van der Waals surface area contributed by atoms with Crippen molar-refractivity contribution < 1.29 is 14.9 Å². The fourth-order valence-corrected chi connectivity index (χ4v) is 2.43. The number of aliphatic hydroxyl groups is 2. The second-order valence-corrected chi connectivity index (χ2v) is 6.92. The Labute approximate surface area is 139 Å². The van der Waals surface area contributed by atoms with Crippen LogP contribution in [0.5, 0.6) is 0 Å². The van der Waals surface area contributed by atoms with E-state index in [4.69, 9.17) is 4.74 Å². The lowest BCUT2D eigenvalue weighted by Crippen LogP contribution is -2.42. The van der Waals surface area contributed by atoms with Crippen LogP contribution in [0.2, 0.25) is 0 Å². The van der Waals surface area contributed by atoms with Crippen LogP contribution in [0, 0.1) is 5.92 Å². The van der Waals surface area contributed by atoms with Gasteiger partial charge in [-0.3, -0.25) is 0 Å². The largest absolute Gasteiger partial charge is 0.388 e. The van der Waals surface area contributed by atoms with Crippen molar-refractivity contribution in [2.45, 2.75) is 58.7 Å². The minimum atomic E-state index is -1.07. The molecule has 1 aliphatic heterocycles. The van der Waals surface area contributed by atoms with Crippen LogP contribution in [0.25, 0.3) is 0 Å². The van der Waals surface area contributed by atoms with E-state index in [1.807, 2.05) is 34.6 Å². The number of hydrogen-bond donors (Lipinski definition) is 3. The van der Waals surface area contributed by atoms with E-state index >= 15 is 0 Å². The molecule has 1 aromatic carbocycles. The van der Waals surface area contributed by atoms with Crippen molar-refractivity contribution in [1.82, 2.24) is 4.31 Å². The predicted octanol–water partition coefficient (Wildman–Crippen LogP) is 2.85. The van der Waals surface area contributed by atoms with Gasteiger partial charge in [0.05, 0.1) is 6.10 Å². The van der Waals surface area contributed by atoms with E-state index in [1.54, 1.807) is 0 Å². The van der Waals surface area contributed by atoms with Gasteiger partial charge in [-0.25, -0.2) is 4.31 Å². The molecular formula is C17H29NO3S. The van der Waals surface area contributed by atoms with Crippen LogP contribution < -0.4 is 0 Å². The molecule has 4 nitrogen and oxygen atoms in total. The summed E-state index contributed by atoms with van der Waals surface area (Å²) < 4.78 is 7.19. The van der Waals surface area contributed by atoms with Crippen molar-refractivity contribution in [2.24, 2.45) is 5.92 Å². The molecule has 0 saturated carbocycles. The van der Waals surface area contributed by atoms with E-state index in [9.17, 15) is 10.2 Å². The topological polar surface area (TPSA) is 52.9 Å². The number of thiol groups is 1. The molecule has 1 saturated heterocycles. The highest BCUT2D eigenvalue weighted by Crippen LogP contribution is 2.20. The van der Waals surface area contributed by atoms with Crippen LogP contribution in [-0.4, -0.2) is 39.6 Å². The van der Waals surface area contributed by atoms with E-state index in [0.717, 1.165) is 18.9 Å². The van der Waals surface area contributed by atoms with Gasteiger partial charge in [-0.15, -0.1) is 0 Å². The Morgan fingerprint density at radius 1 is 1.18 bits per heavy atom. The predicted molar refractivity (Wildman–Crippen MR) is 92.5 cm³/mol. The number of benzene rings is 1. The number of rotatable bonds is 4. The number of nitrogens with zero attached hydrogens (tertiary/aromatic N) is 1. The lowest BCUT2D eigenvalue weighted by atomic mass is 10.1. The summed E-state index contributed by atoms with van der Waals surface area (Å²) in [6, 6.07) is 10.1. The molecule has 1 fully saturated rings. The maximum atomic E-state index is 9.44. The van der Waals surface area contributed by atoms with E-state index < -0.39 is 12.4 Å². The molecule has 0 aliphatic carbocycles. The molecular weight excluding hydrogens is 298 g/mol. The van der Waals surface area contributed by atoms with Gasteiger partial charge in [-0.2, -0.15) is 0 Å². The second-order valence-electron chi connectivity index (χ2n) is 6.36. The van der Waals surface area contributed by atoms with Gasteiger partial charge in [-0.05, 0) is 24.3 Å². The Morgan fingerprint density at radius 2 is 1.77 bits per heavy atom. The molecule has 2 N–H and O–H groups in total. The Hall–Kier alpha value is -0.590. The van der Waals surface area contributed by atoms with Crippen molar-refractivity contribution >= 4 is 12.8 Å². The average Bonchev–Trinajstić information content (AvgIpc) is 2.43. The molecule has 0 aromatic heterocycles. The first-order valence-corrected chi connectivity index (χ1v) is 8.27. The van der Waals surface area contributed by atoms with E-state index in [0.29, 0.717) is 13.0 Å². The summed E-state index contributed by atoms with van der Waals surface area (Å²) in [5, 5.41) is 18.8. The lowest BCUT2D eigenvalue weighted by Gasteiger charge is -2.32. The Kier molecular flexibility index (Phi) is 9.05.